The number of unbranched alkanes of at least 4 members (excludes halogenated alkanes) is 3. The molecule has 1 aliphatic heterocycles. The van der Waals surface area contributed by atoms with Crippen molar-refractivity contribution in [2.24, 2.45) is 10.9 Å². The molecule has 0 radical (unpaired) electrons. The van der Waals surface area contributed by atoms with Gasteiger partial charge in [0.1, 0.15) is 5.75 Å². The first-order valence-corrected chi connectivity index (χ1v) is 11.5. The Morgan fingerprint density at radius 3 is 2.81 bits per heavy atom. The summed E-state index contributed by atoms with van der Waals surface area (Å²) in [5.41, 5.74) is 2.30. The van der Waals surface area contributed by atoms with Crippen LogP contribution in [0.4, 0.5) is 0 Å². The van der Waals surface area contributed by atoms with E-state index < -0.39 is 0 Å². The molecule has 1 aromatic carbocycles. The standard InChI is InChI=1S/C24H39N3O4/c1-4-30-23(28)9-7-5-6-8-13-26-24(25-3)27-16-21-11-10-19(2)15-22(21)31-18-20-12-14-29-17-20/h10-11,15,20H,4-9,12-14,16-18H2,1-3H3,(H2,25,26,27). The van der Waals surface area contributed by atoms with Gasteiger partial charge < -0.3 is 24.8 Å². The van der Waals surface area contributed by atoms with Crippen molar-refractivity contribution in [3.8, 4) is 5.75 Å². The quantitative estimate of drug-likeness (QED) is 0.214. The summed E-state index contributed by atoms with van der Waals surface area (Å²) in [4.78, 5) is 15.6. The van der Waals surface area contributed by atoms with E-state index in [0.717, 1.165) is 69.1 Å². The van der Waals surface area contributed by atoms with Crippen LogP contribution in [0, 0.1) is 12.8 Å². The molecule has 0 spiro atoms. The van der Waals surface area contributed by atoms with Gasteiger partial charge in [-0.05, 0) is 44.7 Å². The van der Waals surface area contributed by atoms with Gasteiger partial charge in [-0.2, -0.15) is 0 Å². The van der Waals surface area contributed by atoms with Crippen molar-refractivity contribution in [3.63, 3.8) is 0 Å². The zero-order chi connectivity index (χ0) is 22.3. The molecule has 1 heterocycles. The van der Waals surface area contributed by atoms with E-state index in [4.69, 9.17) is 14.2 Å². The molecule has 1 aliphatic rings. The highest BCUT2D eigenvalue weighted by Gasteiger charge is 2.17. The van der Waals surface area contributed by atoms with Crippen LogP contribution in [-0.4, -0.2) is 51.9 Å². The Hall–Kier alpha value is -2.28. The highest BCUT2D eigenvalue weighted by atomic mass is 16.5. The molecular weight excluding hydrogens is 394 g/mol. The van der Waals surface area contributed by atoms with E-state index in [0.29, 0.717) is 32.1 Å². The largest absolute Gasteiger partial charge is 0.493 e. The number of hydrogen-bond donors (Lipinski definition) is 2. The Morgan fingerprint density at radius 2 is 2.06 bits per heavy atom. The van der Waals surface area contributed by atoms with Crippen LogP contribution < -0.4 is 15.4 Å². The number of esters is 1. The lowest BCUT2D eigenvalue weighted by Crippen LogP contribution is -2.37. The number of rotatable bonds is 13. The number of aliphatic imine (C=N–C) groups is 1. The number of guanidine groups is 1. The number of nitrogens with zero attached hydrogens (tertiary/aromatic N) is 1. The summed E-state index contributed by atoms with van der Waals surface area (Å²) in [6.07, 6.45) is 5.60. The maximum atomic E-state index is 11.3. The Labute approximate surface area is 186 Å². The molecule has 0 aromatic heterocycles. The van der Waals surface area contributed by atoms with Crippen LogP contribution in [0.25, 0.3) is 0 Å². The van der Waals surface area contributed by atoms with Crippen LogP contribution in [0.1, 0.15) is 56.6 Å². The van der Waals surface area contributed by atoms with Crippen LogP contribution in [0.5, 0.6) is 5.75 Å². The number of carbonyl (C=O) groups is 1. The third-order valence-electron chi connectivity index (χ3n) is 5.30. The van der Waals surface area contributed by atoms with Crippen molar-refractivity contribution < 1.29 is 19.0 Å². The van der Waals surface area contributed by atoms with Gasteiger partial charge in [0.05, 0.1) is 19.8 Å². The SMILES string of the molecule is CCOC(=O)CCCCCCNC(=NC)NCc1ccc(C)cc1OCC1CCOC1. The molecule has 1 fully saturated rings. The summed E-state index contributed by atoms with van der Waals surface area (Å²) in [5.74, 6) is 2.09. The minimum absolute atomic E-state index is 0.0961. The zero-order valence-electron chi connectivity index (χ0n) is 19.4. The zero-order valence-corrected chi connectivity index (χ0v) is 19.4. The Balaban J connectivity index is 1.67. The minimum atomic E-state index is -0.0961. The highest BCUT2D eigenvalue weighted by Crippen LogP contribution is 2.22. The van der Waals surface area contributed by atoms with Gasteiger partial charge in [0.2, 0.25) is 0 Å². The second-order valence-electron chi connectivity index (χ2n) is 7.97. The Bertz CT molecular complexity index is 687. The summed E-state index contributed by atoms with van der Waals surface area (Å²) in [6, 6.07) is 6.31. The van der Waals surface area contributed by atoms with E-state index in [2.05, 4.69) is 40.7 Å². The first kappa shape index (κ1) is 25.0. The molecular formula is C24H39N3O4. The van der Waals surface area contributed by atoms with E-state index in [9.17, 15) is 4.79 Å². The smallest absolute Gasteiger partial charge is 0.305 e. The number of benzene rings is 1. The van der Waals surface area contributed by atoms with Crippen molar-refractivity contribution in [2.45, 2.75) is 58.9 Å². The molecule has 1 saturated heterocycles. The molecule has 174 valence electrons. The third-order valence-corrected chi connectivity index (χ3v) is 5.30. The van der Waals surface area contributed by atoms with Crippen LogP contribution in [0.3, 0.4) is 0 Å². The molecule has 31 heavy (non-hydrogen) atoms. The lowest BCUT2D eigenvalue weighted by Gasteiger charge is -2.17. The lowest BCUT2D eigenvalue weighted by molar-refractivity contribution is -0.143. The molecule has 1 unspecified atom stereocenters. The van der Waals surface area contributed by atoms with Gasteiger partial charge in [-0.3, -0.25) is 9.79 Å². The molecule has 2 rings (SSSR count). The average Bonchev–Trinajstić information content (AvgIpc) is 3.28. The molecule has 1 atom stereocenters. The van der Waals surface area contributed by atoms with Gasteiger partial charge in [0, 0.05) is 44.6 Å². The number of aryl methyl sites for hydroxylation is 1. The second-order valence-corrected chi connectivity index (χ2v) is 7.97. The van der Waals surface area contributed by atoms with Crippen molar-refractivity contribution in [3.05, 3.63) is 29.3 Å². The van der Waals surface area contributed by atoms with E-state index >= 15 is 0 Å². The van der Waals surface area contributed by atoms with Gasteiger partial charge in [-0.1, -0.05) is 25.0 Å². The summed E-state index contributed by atoms with van der Waals surface area (Å²) >= 11 is 0. The fraction of sp³-hybridized carbons (Fsp3) is 0.667. The third kappa shape index (κ3) is 10.0. The predicted molar refractivity (Wildman–Crippen MR) is 124 cm³/mol. The summed E-state index contributed by atoms with van der Waals surface area (Å²) < 4.78 is 16.5. The molecule has 0 bridgehead atoms. The molecule has 2 N–H and O–H groups in total. The van der Waals surface area contributed by atoms with Crippen LogP contribution >= 0.6 is 0 Å². The average molecular weight is 434 g/mol. The van der Waals surface area contributed by atoms with Gasteiger partial charge in [0.25, 0.3) is 0 Å². The van der Waals surface area contributed by atoms with Crippen LogP contribution in [-0.2, 0) is 20.8 Å². The summed E-state index contributed by atoms with van der Waals surface area (Å²) in [5, 5.41) is 6.73. The van der Waals surface area contributed by atoms with Gasteiger partial charge >= 0.3 is 5.97 Å². The van der Waals surface area contributed by atoms with Gasteiger partial charge in [-0.25, -0.2) is 0 Å². The van der Waals surface area contributed by atoms with E-state index in [1.54, 1.807) is 7.05 Å². The van der Waals surface area contributed by atoms with E-state index in [-0.39, 0.29) is 5.97 Å². The normalized spacial score (nSPS) is 16.2. The van der Waals surface area contributed by atoms with E-state index in [1.807, 2.05) is 6.92 Å². The number of ether oxygens (including phenoxy) is 3. The highest BCUT2D eigenvalue weighted by molar-refractivity contribution is 5.79. The monoisotopic (exact) mass is 433 g/mol. The second kappa shape index (κ2) is 14.7. The van der Waals surface area contributed by atoms with Crippen LogP contribution in [0.15, 0.2) is 23.2 Å². The van der Waals surface area contributed by atoms with Crippen molar-refractivity contribution in [1.82, 2.24) is 10.6 Å². The Morgan fingerprint density at radius 1 is 1.23 bits per heavy atom. The lowest BCUT2D eigenvalue weighted by atomic mass is 10.1. The molecule has 0 amide bonds. The Kier molecular flexibility index (Phi) is 11.8. The predicted octanol–water partition coefficient (Wildman–Crippen LogP) is 3.59. The molecule has 0 aliphatic carbocycles. The molecule has 7 nitrogen and oxygen atoms in total. The summed E-state index contributed by atoms with van der Waals surface area (Å²) in [6.45, 7) is 8.19. The van der Waals surface area contributed by atoms with Gasteiger partial charge in [0.15, 0.2) is 5.96 Å². The summed E-state index contributed by atoms with van der Waals surface area (Å²) in [7, 11) is 1.78. The van der Waals surface area contributed by atoms with Crippen LogP contribution in [0.2, 0.25) is 0 Å². The maximum absolute atomic E-state index is 11.3. The maximum Gasteiger partial charge on any atom is 0.305 e. The first-order valence-electron chi connectivity index (χ1n) is 11.5. The fourth-order valence-electron chi connectivity index (χ4n) is 3.45. The topological polar surface area (TPSA) is 81.2 Å². The number of hydrogen-bond acceptors (Lipinski definition) is 5. The van der Waals surface area contributed by atoms with Crippen molar-refractivity contribution in [1.29, 1.82) is 0 Å². The first-order chi connectivity index (χ1) is 15.1. The van der Waals surface area contributed by atoms with Gasteiger partial charge in [-0.15, -0.1) is 0 Å². The van der Waals surface area contributed by atoms with Crippen molar-refractivity contribution in [2.75, 3.05) is 40.0 Å². The van der Waals surface area contributed by atoms with Crippen molar-refractivity contribution >= 4 is 11.9 Å². The van der Waals surface area contributed by atoms with E-state index in [1.165, 1.54) is 5.56 Å². The fourth-order valence-corrected chi connectivity index (χ4v) is 3.45. The molecule has 0 saturated carbocycles. The number of carbonyl (C=O) groups excluding carboxylic acids is 1. The minimum Gasteiger partial charge on any atom is -0.493 e. The number of nitrogens with one attached hydrogen (secondary N) is 2. The molecule has 7 heteroatoms. The molecule has 1 aromatic rings.